The van der Waals surface area contributed by atoms with E-state index < -0.39 is 0 Å². The Labute approximate surface area is 165 Å². The highest BCUT2D eigenvalue weighted by Gasteiger charge is 2.14. The van der Waals surface area contributed by atoms with Crippen LogP contribution in [0.25, 0.3) is 22.4 Å². The molecular weight excluding hydrogens is 372 g/mol. The van der Waals surface area contributed by atoms with E-state index in [1.54, 1.807) is 6.92 Å². The average Bonchev–Trinajstić information content (AvgIpc) is 3.34. The van der Waals surface area contributed by atoms with Crippen LogP contribution in [0.3, 0.4) is 0 Å². The fourth-order valence-corrected chi connectivity index (χ4v) is 3.15. The van der Waals surface area contributed by atoms with Crippen LogP contribution in [0.5, 0.6) is 0 Å². The van der Waals surface area contributed by atoms with Crippen molar-refractivity contribution in [2.45, 2.75) is 26.3 Å². The van der Waals surface area contributed by atoms with E-state index in [-0.39, 0.29) is 35.9 Å². The Morgan fingerprint density at radius 3 is 3.00 bits per heavy atom. The molecule has 0 bridgehead atoms. The number of aryl methyl sites for hydroxylation is 2. The molecule has 0 saturated heterocycles. The van der Waals surface area contributed by atoms with Crippen molar-refractivity contribution in [3.63, 3.8) is 0 Å². The summed E-state index contributed by atoms with van der Waals surface area (Å²) in [5, 5.41) is 7.74. The number of nitrogens with one attached hydrogen (secondary N) is 2. The Kier molecular flexibility index (Phi) is 5.19. The summed E-state index contributed by atoms with van der Waals surface area (Å²) in [6, 6.07) is 8.05. The minimum Gasteiger partial charge on any atom is -0.361 e. The van der Waals surface area contributed by atoms with E-state index in [2.05, 4.69) is 31.5 Å². The van der Waals surface area contributed by atoms with Crippen LogP contribution < -0.4 is 10.9 Å². The van der Waals surface area contributed by atoms with Crippen molar-refractivity contribution >= 4 is 16.8 Å². The lowest BCUT2D eigenvalue weighted by molar-refractivity contribution is -0.121. The van der Waals surface area contributed by atoms with E-state index in [9.17, 15) is 9.59 Å². The predicted molar refractivity (Wildman–Crippen MR) is 106 cm³/mol. The number of hydrogen-bond donors (Lipinski definition) is 2. The van der Waals surface area contributed by atoms with Gasteiger partial charge in [-0.05, 0) is 25.0 Å². The van der Waals surface area contributed by atoms with Gasteiger partial charge in [0.25, 0.3) is 11.4 Å². The standard InChI is InChI=1S/C20H20N6O3/c1-13-24-19(29-25-13)16-11-21-12-26(20(16)28)9-7-18(27)22-8-6-14-10-23-17-5-3-2-4-15(14)17/h2-5,10-12,23H,6-9H2,1H3,(H,22,27). The van der Waals surface area contributed by atoms with Gasteiger partial charge in [0.2, 0.25) is 5.91 Å². The number of benzene rings is 1. The van der Waals surface area contributed by atoms with Gasteiger partial charge in [0.05, 0.1) is 6.33 Å². The number of aromatic nitrogens is 5. The van der Waals surface area contributed by atoms with Crippen LogP contribution in [0, 0.1) is 6.92 Å². The molecule has 0 aliphatic carbocycles. The number of rotatable bonds is 7. The van der Waals surface area contributed by atoms with E-state index in [0.717, 1.165) is 22.9 Å². The minimum absolute atomic E-state index is 0.123. The number of carbonyl (C=O) groups excluding carboxylic acids is 1. The van der Waals surface area contributed by atoms with Crippen LogP contribution in [-0.2, 0) is 17.8 Å². The zero-order chi connectivity index (χ0) is 20.2. The summed E-state index contributed by atoms with van der Waals surface area (Å²) >= 11 is 0. The smallest absolute Gasteiger partial charge is 0.266 e. The number of amides is 1. The van der Waals surface area contributed by atoms with Gasteiger partial charge in [0, 0.05) is 42.8 Å². The first-order valence-electron chi connectivity index (χ1n) is 9.28. The molecule has 9 heteroatoms. The second-order valence-corrected chi connectivity index (χ2v) is 6.66. The maximum Gasteiger partial charge on any atom is 0.266 e. The third-order valence-electron chi connectivity index (χ3n) is 4.63. The molecule has 0 fully saturated rings. The third-order valence-corrected chi connectivity index (χ3v) is 4.63. The van der Waals surface area contributed by atoms with Crippen LogP contribution in [-0.4, -0.2) is 37.1 Å². The van der Waals surface area contributed by atoms with Gasteiger partial charge in [0.15, 0.2) is 5.82 Å². The summed E-state index contributed by atoms with van der Waals surface area (Å²) in [5.74, 6) is 0.428. The second-order valence-electron chi connectivity index (χ2n) is 6.66. The van der Waals surface area contributed by atoms with Crippen molar-refractivity contribution < 1.29 is 9.32 Å². The Morgan fingerprint density at radius 2 is 2.17 bits per heavy atom. The number of H-pyrrole nitrogens is 1. The van der Waals surface area contributed by atoms with E-state index >= 15 is 0 Å². The van der Waals surface area contributed by atoms with Crippen LogP contribution in [0.2, 0.25) is 0 Å². The predicted octanol–water partition coefficient (Wildman–Crippen LogP) is 1.83. The lowest BCUT2D eigenvalue weighted by Gasteiger charge is -2.07. The molecule has 0 radical (unpaired) electrons. The third kappa shape index (κ3) is 4.08. The SMILES string of the molecule is Cc1noc(-c2cncn(CCC(=O)NCCc3c[nH]c4ccccc34)c2=O)n1. The molecule has 2 N–H and O–H groups in total. The summed E-state index contributed by atoms with van der Waals surface area (Å²) in [5.41, 5.74) is 2.13. The van der Waals surface area contributed by atoms with Crippen molar-refractivity contribution in [3.05, 3.63) is 64.7 Å². The molecule has 0 atom stereocenters. The van der Waals surface area contributed by atoms with Crippen molar-refractivity contribution in [2.75, 3.05) is 6.54 Å². The van der Waals surface area contributed by atoms with Gasteiger partial charge in [-0.2, -0.15) is 4.98 Å². The molecule has 148 valence electrons. The molecule has 0 aliphatic heterocycles. The van der Waals surface area contributed by atoms with Crippen LogP contribution in [0.1, 0.15) is 17.8 Å². The molecular formula is C20H20N6O3. The van der Waals surface area contributed by atoms with Gasteiger partial charge in [-0.3, -0.25) is 14.2 Å². The number of nitrogens with zero attached hydrogens (tertiary/aromatic N) is 4. The summed E-state index contributed by atoms with van der Waals surface area (Å²) < 4.78 is 6.40. The quantitative estimate of drug-likeness (QED) is 0.495. The van der Waals surface area contributed by atoms with E-state index in [0.29, 0.717) is 12.4 Å². The Balaban J connectivity index is 1.32. The van der Waals surface area contributed by atoms with Gasteiger partial charge in [-0.15, -0.1) is 0 Å². The first-order chi connectivity index (χ1) is 14.1. The van der Waals surface area contributed by atoms with E-state index in [1.807, 2.05) is 24.4 Å². The highest BCUT2D eigenvalue weighted by Crippen LogP contribution is 2.17. The molecule has 0 unspecified atom stereocenters. The Bertz CT molecular complexity index is 1210. The summed E-state index contributed by atoms with van der Waals surface area (Å²) in [6.07, 6.45) is 5.64. The van der Waals surface area contributed by atoms with Crippen LogP contribution >= 0.6 is 0 Å². The maximum absolute atomic E-state index is 12.5. The van der Waals surface area contributed by atoms with E-state index in [4.69, 9.17) is 4.52 Å². The minimum atomic E-state index is -0.324. The molecule has 0 aliphatic rings. The number of hydrogen-bond acceptors (Lipinski definition) is 6. The zero-order valence-corrected chi connectivity index (χ0v) is 15.9. The lowest BCUT2D eigenvalue weighted by Crippen LogP contribution is -2.29. The maximum atomic E-state index is 12.5. The van der Waals surface area contributed by atoms with Gasteiger partial charge in [-0.1, -0.05) is 23.4 Å². The van der Waals surface area contributed by atoms with Gasteiger partial charge in [0.1, 0.15) is 5.56 Å². The second kappa shape index (κ2) is 8.09. The molecule has 1 aromatic carbocycles. The number of para-hydroxylation sites is 1. The van der Waals surface area contributed by atoms with Crippen molar-refractivity contribution in [2.24, 2.45) is 0 Å². The fraction of sp³-hybridized carbons (Fsp3) is 0.250. The summed E-state index contributed by atoms with van der Waals surface area (Å²) in [7, 11) is 0. The van der Waals surface area contributed by atoms with Gasteiger partial charge < -0.3 is 14.8 Å². The van der Waals surface area contributed by atoms with Crippen molar-refractivity contribution in [1.29, 1.82) is 0 Å². The average molecular weight is 392 g/mol. The molecule has 0 spiro atoms. The van der Waals surface area contributed by atoms with Gasteiger partial charge >= 0.3 is 0 Å². The first-order valence-corrected chi connectivity index (χ1v) is 9.28. The van der Waals surface area contributed by atoms with Crippen molar-refractivity contribution in [3.8, 4) is 11.5 Å². The fourth-order valence-electron chi connectivity index (χ4n) is 3.15. The molecule has 3 aromatic heterocycles. The number of fused-ring (bicyclic) bond motifs is 1. The van der Waals surface area contributed by atoms with Crippen molar-refractivity contribution in [1.82, 2.24) is 30.0 Å². The van der Waals surface area contributed by atoms with E-state index in [1.165, 1.54) is 17.1 Å². The summed E-state index contributed by atoms with van der Waals surface area (Å²) in [6.45, 7) is 2.41. The lowest BCUT2D eigenvalue weighted by atomic mass is 10.1. The van der Waals surface area contributed by atoms with Gasteiger partial charge in [-0.25, -0.2) is 4.98 Å². The first kappa shape index (κ1) is 18.6. The zero-order valence-electron chi connectivity index (χ0n) is 15.9. The Hall–Kier alpha value is -3.75. The molecule has 9 nitrogen and oxygen atoms in total. The largest absolute Gasteiger partial charge is 0.361 e. The highest BCUT2D eigenvalue weighted by molar-refractivity contribution is 5.83. The monoisotopic (exact) mass is 392 g/mol. The van der Waals surface area contributed by atoms with Crippen LogP contribution in [0.4, 0.5) is 0 Å². The topological polar surface area (TPSA) is 119 Å². The number of aromatic amines is 1. The molecule has 1 amide bonds. The summed E-state index contributed by atoms with van der Waals surface area (Å²) in [4.78, 5) is 36.0. The number of carbonyl (C=O) groups is 1. The molecule has 0 saturated carbocycles. The molecule has 4 aromatic rings. The molecule has 3 heterocycles. The molecule has 29 heavy (non-hydrogen) atoms. The Morgan fingerprint density at radius 1 is 1.31 bits per heavy atom. The van der Waals surface area contributed by atoms with Crippen LogP contribution in [0.15, 0.2) is 52.3 Å². The highest BCUT2D eigenvalue weighted by atomic mass is 16.5. The normalized spacial score (nSPS) is 11.1. The molecule has 4 rings (SSSR count).